The van der Waals surface area contributed by atoms with E-state index in [2.05, 4.69) is 0 Å². The van der Waals surface area contributed by atoms with Gasteiger partial charge >= 0.3 is 0 Å². The lowest BCUT2D eigenvalue weighted by Gasteiger charge is -2.02. The number of fused-ring (bicyclic) bond motifs is 1. The third-order valence-corrected chi connectivity index (χ3v) is 3.88. The number of carbonyl (C=O) groups excluding carboxylic acids is 1. The third kappa shape index (κ3) is 3.20. The largest absolute Gasteiger partial charge is 0.454 e. The summed E-state index contributed by atoms with van der Waals surface area (Å²) in [5.41, 5.74) is 0.286. The minimum absolute atomic E-state index is 0.00102. The number of nitro groups is 1. The van der Waals surface area contributed by atoms with Crippen molar-refractivity contribution in [1.82, 2.24) is 0 Å². The molecule has 0 N–H and O–H groups in total. The van der Waals surface area contributed by atoms with Gasteiger partial charge in [-0.15, -0.1) is 0 Å². The van der Waals surface area contributed by atoms with Gasteiger partial charge in [0.1, 0.15) is 0 Å². The number of carbonyl (C=O) groups is 1. The molecule has 0 amide bonds. The van der Waals surface area contributed by atoms with E-state index in [-0.39, 0.29) is 28.6 Å². The number of nitrogens with zero attached hydrogens (tertiary/aromatic N) is 1. The van der Waals surface area contributed by atoms with Crippen LogP contribution in [-0.4, -0.2) is 17.5 Å². The predicted octanol–water partition coefficient (Wildman–Crippen LogP) is 4.53. The fourth-order valence-electron chi connectivity index (χ4n) is 2.18. The first-order chi connectivity index (χ1) is 11.5. The van der Waals surface area contributed by atoms with Gasteiger partial charge in [0, 0.05) is 10.6 Å². The quantitative estimate of drug-likeness (QED) is 0.344. The van der Waals surface area contributed by atoms with Crippen LogP contribution < -0.4 is 9.47 Å². The Kier molecular flexibility index (Phi) is 4.42. The van der Waals surface area contributed by atoms with Crippen LogP contribution in [0.4, 0.5) is 5.69 Å². The second kappa shape index (κ2) is 6.51. The molecule has 0 aliphatic carbocycles. The molecule has 8 heteroatoms. The van der Waals surface area contributed by atoms with Gasteiger partial charge in [0.05, 0.1) is 21.6 Å². The van der Waals surface area contributed by atoms with Crippen molar-refractivity contribution >= 4 is 40.7 Å². The standard InChI is InChI=1S/C16H9Cl2NO5/c17-10-2-3-11(12(18)6-10)14(20)4-1-9-5-15-16(24-8-23-15)7-13(9)19(21)22/h1-7H,8H2/b4-1+. The average Bonchev–Trinajstić information content (AvgIpc) is 2.98. The molecule has 0 fully saturated rings. The van der Waals surface area contributed by atoms with E-state index in [0.717, 1.165) is 0 Å². The maximum absolute atomic E-state index is 12.2. The van der Waals surface area contributed by atoms with Crippen LogP contribution in [0.2, 0.25) is 10.0 Å². The highest BCUT2D eigenvalue weighted by Gasteiger charge is 2.22. The molecule has 0 saturated carbocycles. The summed E-state index contributed by atoms with van der Waals surface area (Å²) in [5.74, 6) is 0.284. The molecule has 6 nitrogen and oxygen atoms in total. The first kappa shape index (κ1) is 16.3. The first-order valence-electron chi connectivity index (χ1n) is 6.71. The van der Waals surface area contributed by atoms with Crippen molar-refractivity contribution in [2.75, 3.05) is 6.79 Å². The molecule has 1 heterocycles. The summed E-state index contributed by atoms with van der Waals surface area (Å²) in [6, 6.07) is 7.20. The Morgan fingerprint density at radius 1 is 1.17 bits per heavy atom. The molecule has 1 aliphatic rings. The molecule has 122 valence electrons. The molecule has 2 aromatic carbocycles. The lowest BCUT2D eigenvalue weighted by Crippen LogP contribution is -1.96. The smallest absolute Gasteiger partial charge is 0.280 e. The Balaban J connectivity index is 1.94. The van der Waals surface area contributed by atoms with Crippen LogP contribution in [0, 0.1) is 10.1 Å². The molecule has 3 rings (SSSR count). The van der Waals surface area contributed by atoms with Crippen LogP contribution in [0.15, 0.2) is 36.4 Å². The number of allylic oxidation sites excluding steroid dienone is 1. The highest BCUT2D eigenvalue weighted by Crippen LogP contribution is 2.38. The van der Waals surface area contributed by atoms with Crippen LogP contribution in [0.25, 0.3) is 6.08 Å². The number of rotatable bonds is 4. The molecule has 0 bridgehead atoms. The number of nitro benzene ring substituents is 1. The van der Waals surface area contributed by atoms with Crippen molar-refractivity contribution in [2.45, 2.75) is 0 Å². The van der Waals surface area contributed by atoms with Crippen molar-refractivity contribution in [1.29, 1.82) is 0 Å². The highest BCUT2D eigenvalue weighted by molar-refractivity contribution is 6.37. The molecule has 0 atom stereocenters. The zero-order valence-electron chi connectivity index (χ0n) is 12.0. The number of ketones is 1. The molecule has 0 saturated heterocycles. The molecule has 2 aromatic rings. The van der Waals surface area contributed by atoms with Gasteiger partial charge in [-0.05, 0) is 36.4 Å². The third-order valence-electron chi connectivity index (χ3n) is 3.33. The average molecular weight is 366 g/mol. The Hall–Kier alpha value is -2.57. The van der Waals surface area contributed by atoms with Crippen LogP contribution >= 0.6 is 23.2 Å². The van der Waals surface area contributed by atoms with Crippen LogP contribution in [-0.2, 0) is 0 Å². The molecule has 1 aliphatic heterocycles. The van der Waals surface area contributed by atoms with Gasteiger partial charge in [-0.25, -0.2) is 0 Å². The summed E-state index contributed by atoms with van der Waals surface area (Å²) in [6.07, 6.45) is 2.55. The van der Waals surface area contributed by atoms with E-state index in [1.807, 2.05) is 0 Å². The maximum Gasteiger partial charge on any atom is 0.280 e. The summed E-state index contributed by atoms with van der Waals surface area (Å²) in [5, 5.41) is 11.8. The van der Waals surface area contributed by atoms with E-state index < -0.39 is 10.7 Å². The minimum Gasteiger partial charge on any atom is -0.454 e. The van der Waals surface area contributed by atoms with E-state index >= 15 is 0 Å². The van der Waals surface area contributed by atoms with Gasteiger partial charge in [-0.2, -0.15) is 0 Å². The zero-order valence-corrected chi connectivity index (χ0v) is 13.5. The second-order valence-electron chi connectivity index (χ2n) is 4.84. The van der Waals surface area contributed by atoms with Crippen LogP contribution in [0.1, 0.15) is 15.9 Å². The van der Waals surface area contributed by atoms with E-state index in [1.165, 1.54) is 42.5 Å². The molecule has 0 radical (unpaired) electrons. The SMILES string of the molecule is O=C(/C=C/c1cc2c(cc1[N+](=O)[O-])OCO2)c1ccc(Cl)cc1Cl. The Morgan fingerprint density at radius 3 is 2.54 bits per heavy atom. The molecule has 0 unspecified atom stereocenters. The number of halogens is 2. The van der Waals surface area contributed by atoms with E-state index in [9.17, 15) is 14.9 Å². The summed E-state index contributed by atoms with van der Waals surface area (Å²) in [7, 11) is 0. The summed E-state index contributed by atoms with van der Waals surface area (Å²) < 4.78 is 10.3. The van der Waals surface area contributed by atoms with E-state index in [1.54, 1.807) is 0 Å². The van der Waals surface area contributed by atoms with E-state index in [4.69, 9.17) is 32.7 Å². The van der Waals surface area contributed by atoms with Gasteiger partial charge in [-0.1, -0.05) is 23.2 Å². The monoisotopic (exact) mass is 365 g/mol. The Labute approximate surface area is 146 Å². The number of hydrogen-bond donors (Lipinski definition) is 0. The summed E-state index contributed by atoms with van der Waals surface area (Å²) in [6.45, 7) is -0.00102. The normalized spacial score (nSPS) is 12.6. The Bertz CT molecular complexity index is 879. The van der Waals surface area contributed by atoms with Crippen molar-refractivity contribution in [3.8, 4) is 11.5 Å². The van der Waals surface area contributed by atoms with Crippen molar-refractivity contribution < 1.29 is 19.2 Å². The van der Waals surface area contributed by atoms with Crippen LogP contribution in [0.3, 0.4) is 0 Å². The zero-order chi connectivity index (χ0) is 17.3. The topological polar surface area (TPSA) is 78.7 Å². The van der Waals surface area contributed by atoms with Crippen molar-refractivity contribution in [3.05, 3.63) is 67.7 Å². The van der Waals surface area contributed by atoms with Gasteiger partial charge in [0.2, 0.25) is 6.79 Å². The molecular formula is C16H9Cl2NO5. The van der Waals surface area contributed by atoms with Gasteiger partial charge in [0.15, 0.2) is 17.3 Å². The Morgan fingerprint density at radius 2 is 1.88 bits per heavy atom. The van der Waals surface area contributed by atoms with E-state index in [0.29, 0.717) is 16.5 Å². The van der Waals surface area contributed by atoms with Crippen LogP contribution in [0.5, 0.6) is 11.5 Å². The van der Waals surface area contributed by atoms with Gasteiger partial charge in [-0.3, -0.25) is 14.9 Å². The number of benzene rings is 2. The lowest BCUT2D eigenvalue weighted by molar-refractivity contribution is -0.385. The maximum atomic E-state index is 12.2. The lowest BCUT2D eigenvalue weighted by atomic mass is 10.1. The fraction of sp³-hybridized carbons (Fsp3) is 0.0625. The number of hydrogen-bond acceptors (Lipinski definition) is 5. The number of ether oxygens (including phenoxy) is 2. The molecule has 24 heavy (non-hydrogen) atoms. The minimum atomic E-state index is -0.554. The summed E-state index contributed by atoms with van der Waals surface area (Å²) >= 11 is 11.8. The first-order valence-corrected chi connectivity index (χ1v) is 7.47. The van der Waals surface area contributed by atoms with Crippen molar-refractivity contribution in [3.63, 3.8) is 0 Å². The molecule has 0 spiro atoms. The predicted molar refractivity (Wildman–Crippen MR) is 89.0 cm³/mol. The highest BCUT2D eigenvalue weighted by atomic mass is 35.5. The molecule has 0 aromatic heterocycles. The second-order valence-corrected chi connectivity index (χ2v) is 5.69. The molecular weight excluding hydrogens is 357 g/mol. The summed E-state index contributed by atoms with van der Waals surface area (Å²) in [4.78, 5) is 22.9. The fourth-order valence-corrected chi connectivity index (χ4v) is 2.68. The van der Waals surface area contributed by atoms with Gasteiger partial charge in [0.25, 0.3) is 5.69 Å². The van der Waals surface area contributed by atoms with Crippen molar-refractivity contribution in [2.24, 2.45) is 0 Å². The van der Waals surface area contributed by atoms with Gasteiger partial charge < -0.3 is 9.47 Å².